The molecule has 1 amide bonds. The Morgan fingerprint density at radius 3 is 2.65 bits per heavy atom. The highest BCUT2D eigenvalue weighted by Gasteiger charge is 2.25. The molecule has 96 valence electrons. The van der Waals surface area contributed by atoms with Gasteiger partial charge in [-0.15, -0.1) is 11.3 Å². The first-order valence-electron chi connectivity index (χ1n) is 6.01. The first kappa shape index (κ1) is 14.7. The fraction of sp³-hybridized carbons (Fsp3) is 0.615. The first-order chi connectivity index (χ1) is 8.15. The highest BCUT2D eigenvalue weighted by Crippen LogP contribution is 2.27. The van der Waals surface area contributed by atoms with E-state index in [1.807, 2.05) is 17.5 Å². The Bertz CT molecular complexity index is 325. The summed E-state index contributed by atoms with van der Waals surface area (Å²) in [6.07, 6.45) is 2.66. The molecule has 17 heavy (non-hydrogen) atoms. The van der Waals surface area contributed by atoms with Gasteiger partial charge in [-0.2, -0.15) is 0 Å². The van der Waals surface area contributed by atoms with Crippen molar-refractivity contribution >= 4 is 33.2 Å². The van der Waals surface area contributed by atoms with Crippen LogP contribution in [0.3, 0.4) is 0 Å². The molecule has 0 saturated carbocycles. The van der Waals surface area contributed by atoms with E-state index in [4.69, 9.17) is 0 Å². The van der Waals surface area contributed by atoms with Crippen LogP contribution in [0.4, 0.5) is 0 Å². The van der Waals surface area contributed by atoms with Gasteiger partial charge >= 0.3 is 0 Å². The van der Waals surface area contributed by atoms with E-state index >= 15 is 0 Å². The van der Waals surface area contributed by atoms with Crippen molar-refractivity contribution in [1.29, 1.82) is 0 Å². The fourth-order valence-electron chi connectivity index (χ4n) is 1.66. The second-order valence-corrected chi connectivity index (χ2v) is 5.97. The summed E-state index contributed by atoms with van der Waals surface area (Å²) in [5, 5.41) is 5.99. The van der Waals surface area contributed by atoms with E-state index in [9.17, 15) is 4.79 Å². The summed E-state index contributed by atoms with van der Waals surface area (Å²) in [4.78, 5) is 12.9. The Morgan fingerprint density at radius 1 is 1.47 bits per heavy atom. The Kier molecular flexibility index (Phi) is 6.20. The van der Waals surface area contributed by atoms with Gasteiger partial charge in [-0.1, -0.05) is 35.8 Å². The number of hydrogen-bond acceptors (Lipinski definition) is 2. The van der Waals surface area contributed by atoms with Gasteiger partial charge in [0.2, 0.25) is 5.91 Å². The maximum atomic E-state index is 11.8. The molecule has 0 unspecified atom stereocenters. The van der Waals surface area contributed by atoms with Crippen molar-refractivity contribution in [3.63, 3.8) is 0 Å². The summed E-state index contributed by atoms with van der Waals surface area (Å²) >= 11 is 5.19. The standard InChI is InChI=1S/C13H20BrNOS/c1-3-13(4-2,9-14)10-15-12(16)8-11-6-5-7-17-11/h5-7H,3-4,8-10H2,1-2H3,(H,15,16). The van der Waals surface area contributed by atoms with Crippen molar-refractivity contribution < 1.29 is 4.79 Å². The molecule has 1 aromatic rings. The normalized spacial score (nSPS) is 11.5. The molecule has 4 heteroatoms. The zero-order chi connectivity index (χ0) is 12.7. The minimum absolute atomic E-state index is 0.125. The molecule has 0 bridgehead atoms. The van der Waals surface area contributed by atoms with E-state index in [0.29, 0.717) is 6.42 Å². The molecule has 1 heterocycles. The summed E-state index contributed by atoms with van der Waals surface area (Å²) in [7, 11) is 0. The van der Waals surface area contributed by atoms with Gasteiger partial charge in [0.25, 0.3) is 0 Å². The van der Waals surface area contributed by atoms with Gasteiger partial charge in [0.1, 0.15) is 0 Å². The number of halogens is 1. The first-order valence-corrected chi connectivity index (χ1v) is 8.01. The van der Waals surface area contributed by atoms with Crippen LogP contribution < -0.4 is 5.32 Å². The molecule has 2 nitrogen and oxygen atoms in total. The monoisotopic (exact) mass is 317 g/mol. The average Bonchev–Trinajstić information content (AvgIpc) is 2.84. The molecular formula is C13H20BrNOS. The molecule has 0 aromatic carbocycles. The Labute approximate surface area is 116 Å². The minimum Gasteiger partial charge on any atom is -0.355 e. The van der Waals surface area contributed by atoms with Crippen LogP contribution in [0.25, 0.3) is 0 Å². The minimum atomic E-state index is 0.125. The van der Waals surface area contributed by atoms with Crippen molar-refractivity contribution in [1.82, 2.24) is 5.32 Å². The van der Waals surface area contributed by atoms with E-state index in [2.05, 4.69) is 35.1 Å². The molecule has 0 aliphatic heterocycles. The number of nitrogens with one attached hydrogen (secondary N) is 1. The summed E-state index contributed by atoms with van der Waals surface area (Å²) in [6, 6.07) is 3.98. The lowest BCUT2D eigenvalue weighted by Gasteiger charge is -2.29. The molecule has 0 radical (unpaired) electrons. The van der Waals surface area contributed by atoms with Gasteiger partial charge in [-0.25, -0.2) is 0 Å². The molecular weight excluding hydrogens is 298 g/mol. The van der Waals surface area contributed by atoms with Crippen LogP contribution in [0.2, 0.25) is 0 Å². The van der Waals surface area contributed by atoms with Crippen LogP contribution in [-0.4, -0.2) is 17.8 Å². The number of thiophene rings is 1. The van der Waals surface area contributed by atoms with Gasteiger partial charge in [-0.3, -0.25) is 4.79 Å². The number of carbonyl (C=O) groups excluding carboxylic acids is 1. The third-order valence-electron chi connectivity index (χ3n) is 3.36. The predicted octanol–water partition coefficient (Wildman–Crippen LogP) is 3.61. The Morgan fingerprint density at radius 2 is 2.18 bits per heavy atom. The van der Waals surface area contributed by atoms with Crippen molar-refractivity contribution in [3.8, 4) is 0 Å². The molecule has 0 fully saturated rings. The van der Waals surface area contributed by atoms with E-state index in [1.165, 1.54) is 0 Å². The second-order valence-electron chi connectivity index (χ2n) is 4.37. The molecule has 1 N–H and O–H groups in total. The number of alkyl halides is 1. The van der Waals surface area contributed by atoms with Crippen LogP contribution in [0.1, 0.15) is 31.6 Å². The smallest absolute Gasteiger partial charge is 0.225 e. The van der Waals surface area contributed by atoms with E-state index < -0.39 is 0 Å². The second kappa shape index (κ2) is 7.17. The molecule has 0 spiro atoms. The highest BCUT2D eigenvalue weighted by atomic mass is 79.9. The predicted molar refractivity (Wildman–Crippen MR) is 77.8 cm³/mol. The number of hydrogen-bond donors (Lipinski definition) is 1. The van der Waals surface area contributed by atoms with E-state index in [-0.39, 0.29) is 11.3 Å². The quantitative estimate of drug-likeness (QED) is 0.765. The molecule has 0 saturated heterocycles. The number of rotatable bonds is 7. The Balaban J connectivity index is 2.41. The molecule has 0 atom stereocenters. The summed E-state index contributed by atoms with van der Waals surface area (Å²) < 4.78 is 0. The largest absolute Gasteiger partial charge is 0.355 e. The zero-order valence-electron chi connectivity index (χ0n) is 10.5. The zero-order valence-corrected chi connectivity index (χ0v) is 12.9. The van der Waals surface area contributed by atoms with Crippen molar-refractivity contribution in [2.24, 2.45) is 5.41 Å². The maximum Gasteiger partial charge on any atom is 0.225 e. The summed E-state index contributed by atoms with van der Waals surface area (Å²) in [5.41, 5.74) is 0.200. The number of amides is 1. The van der Waals surface area contributed by atoms with Gasteiger partial charge in [0.15, 0.2) is 0 Å². The summed E-state index contributed by atoms with van der Waals surface area (Å²) in [6.45, 7) is 5.11. The van der Waals surface area contributed by atoms with Crippen LogP contribution in [-0.2, 0) is 11.2 Å². The average molecular weight is 318 g/mol. The molecule has 1 aromatic heterocycles. The highest BCUT2D eigenvalue weighted by molar-refractivity contribution is 9.09. The summed E-state index contributed by atoms with van der Waals surface area (Å²) in [5.74, 6) is 0.125. The van der Waals surface area contributed by atoms with E-state index in [0.717, 1.165) is 29.6 Å². The lowest BCUT2D eigenvalue weighted by atomic mass is 9.84. The van der Waals surface area contributed by atoms with Gasteiger partial charge < -0.3 is 5.32 Å². The van der Waals surface area contributed by atoms with Crippen LogP contribution in [0, 0.1) is 5.41 Å². The number of carbonyl (C=O) groups is 1. The van der Waals surface area contributed by atoms with Gasteiger partial charge in [-0.05, 0) is 29.7 Å². The molecule has 1 rings (SSSR count). The molecule has 0 aliphatic carbocycles. The maximum absolute atomic E-state index is 11.8. The lowest BCUT2D eigenvalue weighted by Crippen LogP contribution is -2.38. The van der Waals surface area contributed by atoms with Crippen molar-refractivity contribution in [2.45, 2.75) is 33.1 Å². The van der Waals surface area contributed by atoms with Crippen molar-refractivity contribution in [2.75, 3.05) is 11.9 Å². The van der Waals surface area contributed by atoms with E-state index in [1.54, 1.807) is 11.3 Å². The third-order valence-corrected chi connectivity index (χ3v) is 5.42. The SMILES string of the molecule is CCC(CC)(CBr)CNC(=O)Cc1cccs1. The van der Waals surface area contributed by atoms with Crippen LogP contribution in [0.15, 0.2) is 17.5 Å². The third kappa shape index (κ3) is 4.43. The van der Waals surface area contributed by atoms with Gasteiger partial charge in [0, 0.05) is 16.8 Å². The molecule has 0 aliphatic rings. The topological polar surface area (TPSA) is 29.1 Å². The van der Waals surface area contributed by atoms with Gasteiger partial charge in [0.05, 0.1) is 6.42 Å². The van der Waals surface area contributed by atoms with Crippen LogP contribution >= 0.6 is 27.3 Å². The van der Waals surface area contributed by atoms with Crippen LogP contribution in [0.5, 0.6) is 0 Å². The Hall–Kier alpha value is -0.350. The van der Waals surface area contributed by atoms with Crippen molar-refractivity contribution in [3.05, 3.63) is 22.4 Å². The fourth-order valence-corrected chi connectivity index (χ4v) is 3.35. The lowest BCUT2D eigenvalue weighted by molar-refractivity contribution is -0.120.